The molecule has 24 heavy (non-hydrogen) atoms. The molecular formula is C19H27NO3S. The lowest BCUT2D eigenvalue weighted by molar-refractivity contribution is -0.133. The molecule has 0 aromatic heterocycles. The third-order valence-electron chi connectivity index (χ3n) is 5.54. The van der Waals surface area contributed by atoms with Crippen molar-refractivity contribution in [1.29, 1.82) is 0 Å². The van der Waals surface area contributed by atoms with E-state index in [0.717, 1.165) is 25.8 Å². The van der Waals surface area contributed by atoms with Gasteiger partial charge in [-0.1, -0.05) is 37.3 Å². The Morgan fingerprint density at radius 1 is 1.25 bits per heavy atom. The van der Waals surface area contributed by atoms with Crippen LogP contribution in [0.1, 0.15) is 50.5 Å². The second kappa shape index (κ2) is 7.26. The average Bonchev–Trinajstić information content (AvgIpc) is 3.16. The maximum absolute atomic E-state index is 12.8. The molecule has 0 N–H and O–H groups in total. The monoisotopic (exact) mass is 349 g/mol. The van der Waals surface area contributed by atoms with E-state index in [1.54, 1.807) is 0 Å². The van der Waals surface area contributed by atoms with Crippen LogP contribution in [-0.4, -0.2) is 43.3 Å². The summed E-state index contributed by atoms with van der Waals surface area (Å²) in [5.41, 5.74) is 1.30. The van der Waals surface area contributed by atoms with Gasteiger partial charge in [0.05, 0.1) is 11.5 Å². The molecule has 1 aromatic rings. The van der Waals surface area contributed by atoms with E-state index >= 15 is 0 Å². The zero-order valence-corrected chi connectivity index (χ0v) is 15.2. The van der Waals surface area contributed by atoms with Gasteiger partial charge in [0.25, 0.3) is 0 Å². The topological polar surface area (TPSA) is 54.5 Å². The van der Waals surface area contributed by atoms with Gasteiger partial charge in [-0.2, -0.15) is 0 Å². The fourth-order valence-electron chi connectivity index (χ4n) is 4.35. The summed E-state index contributed by atoms with van der Waals surface area (Å²) in [6.45, 7) is 2.99. The predicted octanol–water partition coefficient (Wildman–Crippen LogP) is 3.00. The van der Waals surface area contributed by atoms with Crippen molar-refractivity contribution in [2.45, 2.75) is 51.0 Å². The van der Waals surface area contributed by atoms with Gasteiger partial charge in [0.1, 0.15) is 0 Å². The van der Waals surface area contributed by atoms with E-state index in [4.69, 9.17) is 0 Å². The number of benzene rings is 1. The number of amides is 1. The molecule has 0 spiro atoms. The van der Waals surface area contributed by atoms with Crippen LogP contribution in [0.2, 0.25) is 0 Å². The second-order valence-electron chi connectivity index (χ2n) is 7.20. The number of nitrogens with zero attached hydrogens (tertiary/aromatic N) is 1. The van der Waals surface area contributed by atoms with Gasteiger partial charge in [0.2, 0.25) is 5.91 Å². The summed E-state index contributed by atoms with van der Waals surface area (Å²) in [6.07, 6.45) is 4.13. The first-order chi connectivity index (χ1) is 11.5. The molecule has 1 amide bonds. The van der Waals surface area contributed by atoms with Crippen molar-refractivity contribution >= 4 is 15.7 Å². The fourth-order valence-corrected chi connectivity index (χ4v) is 6.21. The highest BCUT2D eigenvalue weighted by Crippen LogP contribution is 2.34. The molecule has 3 atom stereocenters. The summed E-state index contributed by atoms with van der Waals surface area (Å²) in [6, 6.07) is 10.7. The van der Waals surface area contributed by atoms with Crippen LogP contribution in [0.3, 0.4) is 0 Å². The number of carbonyl (C=O) groups is 1. The molecule has 0 aliphatic carbocycles. The minimum atomic E-state index is -2.91. The Morgan fingerprint density at radius 2 is 2.00 bits per heavy atom. The van der Waals surface area contributed by atoms with E-state index in [1.165, 1.54) is 5.56 Å². The van der Waals surface area contributed by atoms with Gasteiger partial charge in [-0.05, 0) is 37.2 Å². The first kappa shape index (κ1) is 17.5. The number of rotatable bonds is 5. The summed E-state index contributed by atoms with van der Waals surface area (Å²) in [4.78, 5) is 14.8. The van der Waals surface area contributed by atoms with Crippen molar-refractivity contribution in [1.82, 2.24) is 4.90 Å². The average molecular weight is 349 g/mol. The maximum Gasteiger partial charge on any atom is 0.223 e. The third-order valence-corrected chi connectivity index (χ3v) is 7.38. The number of hydrogen-bond acceptors (Lipinski definition) is 3. The van der Waals surface area contributed by atoms with E-state index in [2.05, 4.69) is 31.2 Å². The quantitative estimate of drug-likeness (QED) is 0.821. The summed E-state index contributed by atoms with van der Waals surface area (Å²) in [7, 11) is -2.91. The van der Waals surface area contributed by atoms with Crippen molar-refractivity contribution in [3.05, 3.63) is 35.9 Å². The van der Waals surface area contributed by atoms with Crippen LogP contribution < -0.4 is 0 Å². The minimum absolute atomic E-state index is 0.0144. The molecule has 4 nitrogen and oxygen atoms in total. The molecule has 2 heterocycles. The van der Waals surface area contributed by atoms with Crippen LogP contribution in [0.4, 0.5) is 0 Å². The minimum Gasteiger partial charge on any atom is -0.339 e. The molecule has 0 radical (unpaired) electrons. The first-order valence-corrected chi connectivity index (χ1v) is 10.9. The van der Waals surface area contributed by atoms with E-state index in [9.17, 15) is 13.2 Å². The Morgan fingerprint density at radius 3 is 2.62 bits per heavy atom. The van der Waals surface area contributed by atoms with Gasteiger partial charge in [-0.25, -0.2) is 8.42 Å². The number of carbonyl (C=O) groups excluding carboxylic acids is 1. The first-order valence-electron chi connectivity index (χ1n) is 9.05. The summed E-state index contributed by atoms with van der Waals surface area (Å²) in [5, 5.41) is 0. The van der Waals surface area contributed by atoms with E-state index < -0.39 is 9.84 Å². The highest BCUT2D eigenvalue weighted by molar-refractivity contribution is 7.91. The number of sulfone groups is 1. The molecule has 2 aliphatic heterocycles. The van der Waals surface area contributed by atoms with Gasteiger partial charge in [0.15, 0.2) is 9.84 Å². The largest absolute Gasteiger partial charge is 0.339 e. The van der Waals surface area contributed by atoms with Crippen molar-refractivity contribution in [2.75, 3.05) is 18.1 Å². The zero-order chi connectivity index (χ0) is 17.2. The van der Waals surface area contributed by atoms with Gasteiger partial charge in [-0.15, -0.1) is 0 Å². The van der Waals surface area contributed by atoms with Crippen molar-refractivity contribution in [2.24, 2.45) is 5.92 Å². The Labute approximate surface area is 145 Å². The third kappa shape index (κ3) is 3.82. The van der Waals surface area contributed by atoms with Crippen LogP contribution >= 0.6 is 0 Å². The zero-order valence-electron chi connectivity index (χ0n) is 14.4. The lowest BCUT2D eigenvalue weighted by Gasteiger charge is -2.32. The molecule has 2 fully saturated rings. The van der Waals surface area contributed by atoms with Gasteiger partial charge >= 0.3 is 0 Å². The lowest BCUT2D eigenvalue weighted by atomic mass is 9.87. The molecule has 0 bridgehead atoms. The van der Waals surface area contributed by atoms with Gasteiger partial charge in [-0.3, -0.25) is 4.79 Å². The van der Waals surface area contributed by atoms with Crippen molar-refractivity contribution in [3.8, 4) is 0 Å². The molecule has 1 aromatic carbocycles. The Balaban J connectivity index is 1.69. The van der Waals surface area contributed by atoms with E-state index in [-0.39, 0.29) is 29.4 Å². The van der Waals surface area contributed by atoms with E-state index in [0.29, 0.717) is 18.8 Å². The SMILES string of the molecule is CC[C@H](c1ccccc1)[C@@H]1CCCN1C(=O)C[C@H]1CCS(=O)(=O)C1. The van der Waals surface area contributed by atoms with Crippen LogP contribution in [0.25, 0.3) is 0 Å². The molecular weight excluding hydrogens is 322 g/mol. The van der Waals surface area contributed by atoms with Gasteiger partial charge in [0, 0.05) is 24.9 Å². The normalized spacial score (nSPS) is 27.3. The fraction of sp³-hybridized carbons (Fsp3) is 0.632. The van der Waals surface area contributed by atoms with Crippen molar-refractivity contribution < 1.29 is 13.2 Å². The Hall–Kier alpha value is -1.36. The molecule has 2 saturated heterocycles. The lowest BCUT2D eigenvalue weighted by Crippen LogP contribution is -2.40. The highest BCUT2D eigenvalue weighted by atomic mass is 32.2. The maximum atomic E-state index is 12.8. The molecule has 3 rings (SSSR count). The van der Waals surface area contributed by atoms with Gasteiger partial charge < -0.3 is 4.90 Å². The summed E-state index contributed by atoms with van der Waals surface area (Å²) in [5.74, 6) is 0.961. The second-order valence-corrected chi connectivity index (χ2v) is 9.42. The number of likely N-dealkylation sites (tertiary alicyclic amines) is 1. The molecule has 5 heteroatoms. The standard InChI is InChI=1S/C19H27NO3S/c1-2-17(16-7-4-3-5-8-16)18-9-6-11-20(18)19(21)13-15-10-12-24(22,23)14-15/h3-5,7-8,15,17-18H,2,6,9-14H2,1H3/t15-,17-,18+/m1/s1. The van der Waals surface area contributed by atoms with Crippen LogP contribution in [0, 0.1) is 5.92 Å². The summed E-state index contributed by atoms with van der Waals surface area (Å²) < 4.78 is 23.2. The number of hydrogen-bond donors (Lipinski definition) is 0. The Bertz CT molecular complexity index is 671. The smallest absolute Gasteiger partial charge is 0.223 e. The highest BCUT2D eigenvalue weighted by Gasteiger charge is 2.37. The molecule has 0 unspecified atom stereocenters. The van der Waals surface area contributed by atoms with Crippen molar-refractivity contribution in [3.63, 3.8) is 0 Å². The van der Waals surface area contributed by atoms with Crippen LogP contribution in [0.5, 0.6) is 0 Å². The van der Waals surface area contributed by atoms with E-state index in [1.807, 2.05) is 11.0 Å². The molecule has 2 aliphatic rings. The predicted molar refractivity (Wildman–Crippen MR) is 95.6 cm³/mol. The summed E-state index contributed by atoms with van der Waals surface area (Å²) >= 11 is 0. The molecule has 132 valence electrons. The van der Waals surface area contributed by atoms with Crippen LogP contribution in [0.15, 0.2) is 30.3 Å². The Kier molecular flexibility index (Phi) is 5.28. The molecule has 0 saturated carbocycles. The van der Waals surface area contributed by atoms with Crippen LogP contribution in [-0.2, 0) is 14.6 Å².